The van der Waals surface area contributed by atoms with Crippen LogP contribution in [0.4, 0.5) is 0 Å². The predicted molar refractivity (Wildman–Crippen MR) is 123 cm³/mol. The Balaban J connectivity index is 2.12. The fourth-order valence-electron chi connectivity index (χ4n) is 4.09. The van der Waals surface area contributed by atoms with Crippen LogP contribution in [0, 0.1) is 11.8 Å². The van der Waals surface area contributed by atoms with Crippen LogP contribution in [-0.4, -0.2) is 65.4 Å². The van der Waals surface area contributed by atoms with Crippen molar-refractivity contribution in [1.82, 2.24) is 20.9 Å². The highest BCUT2D eigenvalue weighted by Gasteiger charge is 2.37. The summed E-state index contributed by atoms with van der Waals surface area (Å²) in [5.74, 6) is -0.195. The third kappa shape index (κ3) is 7.10. The molecule has 0 aliphatic carbocycles. The van der Waals surface area contributed by atoms with E-state index in [1.165, 1.54) is 6.92 Å². The molecule has 0 radical (unpaired) electrons. The molecule has 0 aromatic rings. The summed E-state index contributed by atoms with van der Waals surface area (Å²) in [6.07, 6.45) is 2.04. The number of hydrogen-bond donors (Lipinski definition) is 5. The topological polar surface area (TPSA) is 167 Å². The number of hydrogen-bond acceptors (Lipinski definition) is 8. The van der Waals surface area contributed by atoms with Crippen LogP contribution in [0.15, 0.2) is 9.98 Å². The average molecular weight is 451 g/mol. The molecule has 2 heterocycles. The van der Waals surface area contributed by atoms with Crippen molar-refractivity contribution < 1.29 is 14.4 Å². The number of amides is 3. The highest BCUT2D eigenvalue weighted by Crippen LogP contribution is 2.21. The fraction of sp³-hybridized carbons (Fsp3) is 0.762. The molecule has 11 heteroatoms. The zero-order valence-corrected chi connectivity index (χ0v) is 19.7. The van der Waals surface area contributed by atoms with E-state index in [9.17, 15) is 14.4 Å². The summed E-state index contributed by atoms with van der Waals surface area (Å²) in [5, 5.41) is 8.57. The molecular formula is C21H38N8O3. The van der Waals surface area contributed by atoms with Gasteiger partial charge in [-0.2, -0.15) is 4.99 Å². The highest BCUT2D eigenvalue weighted by atomic mass is 16.2. The number of piperidine rings is 1. The van der Waals surface area contributed by atoms with Gasteiger partial charge in [0.05, 0.1) is 6.04 Å². The van der Waals surface area contributed by atoms with Gasteiger partial charge in [-0.05, 0) is 37.5 Å². The van der Waals surface area contributed by atoms with Crippen LogP contribution in [0.25, 0.3) is 0 Å². The minimum Gasteiger partial charge on any atom is -0.369 e. The summed E-state index contributed by atoms with van der Waals surface area (Å²) in [7, 11) is 0. The Kier molecular flexibility index (Phi) is 8.85. The quantitative estimate of drug-likeness (QED) is 0.321. The van der Waals surface area contributed by atoms with E-state index in [-0.39, 0.29) is 41.6 Å². The van der Waals surface area contributed by atoms with Crippen LogP contribution in [0.3, 0.4) is 0 Å². The van der Waals surface area contributed by atoms with Crippen molar-refractivity contribution in [3.05, 3.63) is 0 Å². The van der Waals surface area contributed by atoms with Gasteiger partial charge in [-0.3, -0.25) is 14.4 Å². The number of nitrogens with two attached hydrogens (primary N) is 2. The number of nitrogens with one attached hydrogen (secondary N) is 3. The lowest BCUT2D eigenvalue weighted by Crippen LogP contribution is -2.62. The minimum atomic E-state index is -0.739. The maximum absolute atomic E-state index is 13.2. The van der Waals surface area contributed by atoms with Crippen molar-refractivity contribution in [2.24, 2.45) is 33.3 Å². The van der Waals surface area contributed by atoms with Gasteiger partial charge in [0, 0.05) is 13.5 Å². The molecule has 0 saturated carbocycles. The third-order valence-corrected chi connectivity index (χ3v) is 5.45. The van der Waals surface area contributed by atoms with Crippen LogP contribution >= 0.6 is 0 Å². The monoisotopic (exact) mass is 450 g/mol. The van der Waals surface area contributed by atoms with E-state index in [2.05, 4.69) is 25.9 Å². The van der Waals surface area contributed by atoms with Gasteiger partial charge >= 0.3 is 0 Å². The molecule has 2 aliphatic rings. The summed E-state index contributed by atoms with van der Waals surface area (Å²) < 4.78 is 0. The molecule has 0 aromatic heterocycles. The maximum atomic E-state index is 13.2. The summed E-state index contributed by atoms with van der Waals surface area (Å²) >= 11 is 0. The zero-order valence-electron chi connectivity index (χ0n) is 19.7. The Morgan fingerprint density at radius 1 is 1.03 bits per heavy atom. The first-order valence-corrected chi connectivity index (χ1v) is 11.3. The number of fused-ring (bicyclic) bond motifs is 1. The Hall–Kier alpha value is -2.85. The predicted octanol–water partition coefficient (Wildman–Crippen LogP) is -0.382. The van der Waals surface area contributed by atoms with Crippen molar-refractivity contribution in [3.63, 3.8) is 0 Å². The van der Waals surface area contributed by atoms with Crippen LogP contribution in [0.5, 0.6) is 0 Å². The van der Waals surface area contributed by atoms with Gasteiger partial charge in [0.25, 0.3) is 0 Å². The molecule has 4 atom stereocenters. The van der Waals surface area contributed by atoms with Crippen molar-refractivity contribution >= 4 is 29.6 Å². The minimum absolute atomic E-state index is 0.0868. The number of aliphatic imine (C=N–C) groups is 2. The molecule has 180 valence electrons. The zero-order chi connectivity index (χ0) is 24.0. The summed E-state index contributed by atoms with van der Waals surface area (Å²) in [5.41, 5.74) is 11.8. The van der Waals surface area contributed by atoms with Crippen molar-refractivity contribution in [2.45, 2.75) is 84.6 Å². The highest BCUT2D eigenvalue weighted by molar-refractivity contribution is 5.95. The van der Waals surface area contributed by atoms with E-state index in [0.29, 0.717) is 31.8 Å². The smallest absolute Gasteiger partial charge is 0.243 e. The molecule has 2 aliphatic heterocycles. The summed E-state index contributed by atoms with van der Waals surface area (Å²) in [6.45, 7) is 9.97. The second kappa shape index (κ2) is 11.1. The van der Waals surface area contributed by atoms with E-state index < -0.39 is 18.2 Å². The second-order valence-corrected chi connectivity index (χ2v) is 9.39. The third-order valence-electron chi connectivity index (χ3n) is 5.45. The molecule has 1 fully saturated rings. The molecule has 1 saturated heterocycles. The van der Waals surface area contributed by atoms with Gasteiger partial charge in [0.2, 0.25) is 29.6 Å². The lowest BCUT2D eigenvalue weighted by molar-refractivity contribution is -0.132. The van der Waals surface area contributed by atoms with Crippen molar-refractivity contribution in [2.75, 3.05) is 6.54 Å². The van der Waals surface area contributed by atoms with E-state index in [1.807, 2.05) is 32.6 Å². The first-order valence-electron chi connectivity index (χ1n) is 11.3. The molecule has 0 aromatic carbocycles. The lowest BCUT2D eigenvalue weighted by Gasteiger charge is -2.41. The normalized spacial score (nSPS) is 22.4. The average Bonchev–Trinajstić information content (AvgIpc) is 2.66. The summed E-state index contributed by atoms with van der Waals surface area (Å²) in [4.78, 5) is 47.9. The lowest BCUT2D eigenvalue weighted by atomic mass is 9.98. The summed E-state index contributed by atoms with van der Waals surface area (Å²) in [6, 6.07) is -1.74. The van der Waals surface area contributed by atoms with E-state index in [4.69, 9.17) is 11.5 Å². The largest absolute Gasteiger partial charge is 0.369 e. The van der Waals surface area contributed by atoms with E-state index >= 15 is 0 Å². The Labute approximate surface area is 189 Å². The first kappa shape index (κ1) is 25.4. The van der Waals surface area contributed by atoms with Gasteiger partial charge in [0.1, 0.15) is 18.2 Å². The Bertz CT molecular complexity index is 764. The number of rotatable bonds is 9. The molecule has 0 spiro atoms. The van der Waals surface area contributed by atoms with Crippen molar-refractivity contribution in [3.8, 4) is 0 Å². The van der Waals surface area contributed by atoms with Crippen molar-refractivity contribution in [1.29, 1.82) is 0 Å². The molecule has 32 heavy (non-hydrogen) atoms. The number of nitrogens with zero attached hydrogens (tertiary/aromatic N) is 3. The van der Waals surface area contributed by atoms with Gasteiger partial charge in [-0.25, -0.2) is 4.99 Å². The Morgan fingerprint density at radius 3 is 2.19 bits per heavy atom. The first-order chi connectivity index (χ1) is 15.0. The second-order valence-electron chi connectivity index (χ2n) is 9.39. The molecule has 0 bridgehead atoms. The molecule has 3 amide bonds. The molecule has 11 nitrogen and oxygen atoms in total. The maximum Gasteiger partial charge on any atom is 0.243 e. The van der Waals surface area contributed by atoms with E-state index in [1.54, 1.807) is 0 Å². The van der Waals surface area contributed by atoms with Crippen LogP contribution in [0.1, 0.15) is 60.3 Å². The SMILES string of the molecule is CC(=O)N[C@@H](CC(C)C)C(=O)N[C@@H](CC(C)C)C(=O)N[C@@H]1CCCN2C(N)=NC(N)=N[C@@H]12. The molecule has 7 N–H and O–H groups in total. The van der Waals surface area contributed by atoms with E-state index in [0.717, 1.165) is 6.42 Å². The van der Waals surface area contributed by atoms with Crippen LogP contribution in [0.2, 0.25) is 0 Å². The Morgan fingerprint density at radius 2 is 1.62 bits per heavy atom. The van der Waals surface area contributed by atoms with Crippen LogP contribution in [-0.2, 0) is 14.4 Å². The number of carbonyl (C=O) groups excluding carboxylic acids is 3. The van der Waals surface area contributed by atoms with Gasteiger partial charge in [-0.15, -0.1) is 0 Å². The number of guanidine groups is 2. The molecule has 0 unspecified atom stereocenters. The standard InChI is InChI=1S/C21H38N8O3/c1-11(2)9-15(24-13(5)30)18(31)26-16(10-12(3)4)19(32)25-14-7-6-8-29-17(14)27-20(22)28-21(29)23/h11-12,14-17H,6-10H2,1-5H3,(H,24,30)(H,25,32)(H,26,31)(H4,22,23,27,28)/t14-,15+,16+,17-/m1/s1. The molecule has 2 rings (SSSR count). The molecular weight excluding hydrogens is 412 g/mol. The van der Waals surface area contributed by atoms with Gasteiger partial charge < -0.3 is 32.3 Å². The fourth-order valence-corrected chi connectivity index (χ4v) is 4.09. The van der Waals surface area contributed by atoms with Gasteiger partial charge in [0.15, 0.2) is 0 Å². The van der Waals surface area contributed by atoms with Crippen LogP contribution < -0.4 is 27.4 Å². The van der Waals surface area contributed by atoms with Gasteiger partial charge in [-0.1, -0.05) is 27.7 Å². The number of carbonyl (C=O) groups is 3.